The molecule has 0 aromatic rings. The molecule has 1 atom stereocenters. The zero-order valence-corrected chi connectivity index (χ0v) is 48.4. The maximum atomic E-state index is 12.9. The average molecular weight is 1020 g/mol. The van der Waals surface area contributed by atoms with Gasteiger partial charge in [-0.1, -0.05) is 254 Å². The third-order valence-corrected chi connectivity index (χ3v) is 13.7. The smallest absolute Gasteiger partial charge is 0.306 e. The van der Waals surface area contributed by atoms with Gasteiger partial charge in [0.05, 0.1) is 0 Å². The highest BCUT2D eigenvalue weighted by Crippen LogP contribution is 2.15. The zero-order valence-electron chi connectivity index (χ0n) is 48.4. The van der Waals surface area contributed by atoms with Crippen molar-refractivity contribution >= 4 is 17.9 Å². The second kappa shape index (κ2) is 61.4. The van der Waals surface area contributed by atoms with Gasteiger partial charge < -0.3 is 14.2 Å². The van der Waals surface area contributed by atoms with Crippen LogP contribution in [0.15, 0.2) is 72.9 Å². The summed E-state index contributed by atoms with van der Waals surface area (Å²) < 4.78 is 16.9. The number of ether oxygens (including phenoxy) is 3. The second-order valence-corrected chi connectivity index (χ2v) is 21.0. The van der Waals surface area contributed by atoms with Gasteiger partial charge in [0.15, 0.2) is 6.10 Å². The predicted octanol–water partition coefficient (Wildman–Crippen LogP) is 21.3. The molecule has 73 heavy (non-hydrogen) atoms. The van der Waals surface area contributed by atoms with E-state index in [0.29, 0.717) is 19.3 Å². The summed E-state index contributed by atoms with van der Waals surface area (Å²) in [6.07, 6.45) is 78.9. The van der Waals surface area contributed by atoms with Gasteiger partial charge in [0.2, 0.25) is 0 Å². The number of unbranched alkanes of at least 4 members (excludes halogenated alkanes) is 34. The van der Waals surface area contributed by atoms with Crippen molar-refractivity contribution in [3.05, 3.63) is 72.9 Å². The Kier molecular flexibility index (Phi) is 58.7. The molecule has 0 N–H and O–H groups in total. The monoisotopic (exact) mass is 1020 g/mol. The SMILES string of the molecule is CCCCC/C=C\C/C=C\C/C=C\CCCCCCCCC(=O)OC(COC(=O)CCCCCCC/C=C\CCCCCCCC)COC(=O)CCCCCCCCCCC/C=C\C/C=C\CCCCCCC. The van der Waals surface area contributed by atoms with Crippen molar-refractivity contribution in [2.75, 3.05) is 13.2 Å². The highest BCUT2D eigenvalue weighted by atomic mass is 16.6. The molecule has 0 saturated carbocycles. The van der Waals surface area contributed by atoms with Gasteiger partial charge >= 0.3 is 17.9 Å². The van der Waals surface area contributed by atoms with E-state index in [1.54, 1.807) is 0 Å². The van der Waals surface area contributed by atoms with Gasteiger partial charge in [-0.25, -0.2) is 0 Å². The van der Waals surface area contributed by atoms with Crippen LogP contribution in [-0.2, 0) is 28.6 Å². The van der Waals surface area contributed by atoms with Crippen LogP contribution in [0.5, 0.6) is 0 Å². The molecule has 0 spiro atoms. The highest BCUT2D eigenvalue weighted by Gasteiger charge is 2.19. The van der Waals surface area contributed by atoms with Crippen LogP contribution in [0.1, 0.15) is 316 Å². The van der Waals surface area contributed by atoms with Gasteiger partial charge in [-0.2, -0.15) is 0 Å². The van der Waals surface area contributed by atoms with E-state index in [-0.39, 0.29) is 31.1 Å². The Hall–Kier alpha value is -3.15. The van der Waals surface area contributed by atoms with Gasteiger partial charge in [0.25, 0.3) is 0 Å². The Labute approximate surface area is 453 Å². The van der Waals surface area contributed by atoms with Crippen molar-refractivity contribution < 1.29 is 28.6 Å². The molecule has 0 aliphatic carbocycles. The Morgan fingerprint density at radius 3 is 0.808 bits per heavy atom. The molecule has 0 amide bonds. The minimum atomic E-state index is -0.789. The van der Waals surface area contributed by atoms with Gasteiger partial charge in [-0.3, -0.25) is 14.4 Å². The summed E-state index contributed by atoms with van der Waals surface area (Å²) in [6, 6.07) is 0. The molecule has 0 aromatic carbocycles. The van der Waals surface area contributed by atoms with E-state index in [0.717, 1.165) is 96.3 Å². The summed E-state index contributed by atoms with van der Waals surface area (Å²) in [7, 11) is 0. The third kappa shape index (κ3) is 59.6. The lowest BCUT2D eigenvalue weighted by molar-refractivity contribution is -0.167. The number of allylic oxidation sites excluding steroid dienone is 12. The van der Waals surface area contributed by atoms with E-state index in [1.165, 1.54) is 180 Å². The molecule has 0 aliphatic heterocycles. The van der Waals surface area contributed by atoms with Crippen LogP contribution >= 0.6 is 0 Å². The summed E-state index contributed by atoms with van der Waals surface area (Å²) in [5.74, 6) is -0.897. The molecular weight excluding hydrogens is 901 g/mol. The normalized spacial score (nSPS) is 12.5. The number of rotatable bonds is 57. The fourth-order valence-corrected chi connectivity index (χ4v) is 8.89. The molecule has 0 fully saturated rings. The molecule has 0 aliphatic rings. The van der Waals surface area contributed by atoms with E-state index in [4.69, 9.17) is 14.2 Å². The summed E-state index contributed by atoms with van der Waals surface area (Å²) in [5.41, 5.74) is 0. The number of hydrogen-bond donors (Lipinski definition) is 0. The van der Waals surface area contributed by atoms with Gasteiger partial charge in [-0.15, -0.1) is 0 Å². The molecule has 0 heterocycles. The van der Waals surface area contributed by atoms with Crippen LogP contribution in [0.3, 0.4) is 0 Å². The number of hydrogen-bond acceptors (Lipinski definition) is 6. The lowest BCUT2D eigenvalue weighted by Crippen LogP contribution is -2.30. The lowest BCUT2D eigenvalue weighted by atomic mass is 10.1. The quantitative estimate of drug-likeness (QED) is 0.0261. The molecular formula is C67H118O6. The molecule has 1 unspecified atom stereocenters. The van der Waals surface area contributed by atoms with Crippen molar-refractivity contribution in [1.82, 2.24) is 0 Å². The van der Waals surface area contributed by atoms with Crippen LogP contribution in [0.2, 0.25) is 0 Å². The van der Waals surface area contributed by atoms with Crippen molar-refractivity contribution in [2.45, 2.75) is 322 Å². The highest BCUT2D eigenvalue weighted by molar-refractivity contribution is 5.71. The Bertz CT molecular complexity index is 1360. The number of esters is 3. The first kappa shape index (κ1) is 69.8. The molecule has 422 valence electrons. The first-order valence-electron chi connectivity index (χ1n) is 31.4. The van der Waals surface area contributed by atoms with Gasteiger partial charge in [-0.05, 0) is 116 Å². The Morgan fingerprint density at radius 1 is 0.274 bits per heavy atom. The minimum Gasteiger partial charge on any atom is -0.462 e. The van der Waals surface area contributed by atoms with E-state index >= 15 is 0 Å². The Morgan fingerprint density at radius 2 is 0.493 bits per heavy atom. The van der Waals surface area contributed by atoms with Crippen molar-refractivity contribution in [2.24, 2.45) is 0 Å². The van der Waals surface area contributed by atoms with E-state index in [9.17, 15) is 14.4 Å². The fourth-order valence-electron chi connectivity index (χ4n) is 8.89. The summed E-state index contributed by atoms with van der Waals surface area (Å²) in [4.78, 5) is 38.3. The number of carbonyl (C=O) groups excluding carboxylic acids is 3. The van der Waals surface area contributed by atoms with E-state index in [2.05, 4.69) is 93.7 Å². The summed E-state index contributed by atoms with van der Waals surface area (Å²) >= 11 is 0. The molecule has 0 aromatic heterocycles. The van der Waals surface area contributed by atoms with Crippen molar-refractivity contribution in [1.29, 1.82) is 0 Å². The first-order chi connectivity index (χ1) is 36.0. The van der Waals surface area contributed by atoms with Crippen molar-refractivity contribution in [3.8, 4) is 0 Å². The zero-order chi connectivity index (χ0) is 52.9. The summed E-state index contributed by atoms with van der Waals surface area (Å²) in [5, 5.41) is 0. The average Bonchev–Trinajstić information content (AvgIpc) is 3.39. The van der Waals surface area contributed by atoms with Crippen LogP contribution in [0.4, 0.5) is 0 Å². The molecule has 0 saturated heterocycles. The topological polar surface area (TPSA) is 78.9 Å². The van der Waals surface area contributed by atoms with Crippen LogP contribution in [0, 0.1) is 0 Å². The third-order valence-electron chi connectivity index (χ3n) is 13.7. The maximum Gasteiger partial charge on any atom is 0.306 e. The lowest BCUT2D eigenvalue weighted by Gasteiger charge is -2.18. The second-order valence-electron chi connectivity index (χ2n) is 21.0. The van der Waals surface area contributed by atoms with E-state index in [1.807, 2.05) is 0 Å². The largest absolute Gasteiger partial charge is 0.462 e. The molecule has 0 rings (SSSR count). The standard InChI is InChI=1S/C67H118O6/c1-4-7-10-13-16-19-22-25-28-30-32-33-35-36-39-42-45-48-51-54-57-60-66(69)72-63-64(62-71-65(68)59-56-53-50-47-44-41-38-27-24-21-18-15-12-9-6-3)73-67(70)61-58-55-52-49-46-43-40-37-34-31-29-26-23-20-17-14-11-8-5-2/h17,20,22,25-27,29-30,32,34,37-38,64H,4-16,18-19,21,23-24,28,31,33,35-36,39-63H2,1-3H3/b20-17-,25-22-,29-26-,32-30-,37-34-,38-27-. The molecule has 0 radical (unpaired) electrons. The van der Waals surface area contributed by atoms with Gasteiger partial charge in [0.1, 0.15) is 13.2 Å². The first-order valence-corrected chi connectivity index (χ1v) is 31.4. The minimum absolute atomic E-state index is 0.0847. The molecule has 6 nitrogen and oxygen atoms in total. The predicted molar refractivity (Wildman–Crippen MR) is 316 cm³/mol. The number of carbonyl (C=O) groups is 3. The van der Waals surface area contributed by atoms with Crippen LogP contribution in [0.25, 0.3) is 0 Å². The molecule has 0 bridgehead atoms. The van der Waals surface area contributed by atoms with Gasteiger partial charge in [0, 0.05) is 19.3 Å². The van der Waals surface area contributed by atoms with Crippen LogP contribution < -0.4 is 0 Å². The summed E-state index contributed by atoms with van der Waals surface area (Å²) in [6.45, 7) is 6.61. The fraction of sp³-hybridized carbons (Fsp3) is 0.776. The van der Waals surface area contributed by atoms with Crippen molar-refractivity contribution in [3.63, 3.8) is 0 Å². The van der Waals surface area contributed by atoms with E-state index < -0.39 is 6.10 Å². The van der Waals surface area contributed by atoms with Crippen LogP contribution in [-0.4, -0.2) is 37.2 Å². The molecule has 6 heteroatoms. The Balaban J connectivity index is 4.40. The maximum absolute atomic E-state index is 12.9.